The molecule has 0 unspecified atom stereocenters. The lowest BCUT2D eigenvalue weighted by molar-refractivity contribution is 0.155. The summed E-state index contributed by atoms with van der Waals surface area (Å²) >= 11 is 0. The van der Waals surface area contributed by atoms with E-state index in [2.05, 4.69) is 0 Å². The lowest BCUT2D eigenvalue weighted by atomic mass is 9.68. The molecule has 1 aromatic rings. The van der Waals surface area contributed by atoms with E-state index in [0.717, 1.165) is 49.0 Å². The molecule has 0 nitrogen and oxygen atoms in total. The summed E-state index contributed by atoms with van der Waals surface area (Å²) in [6.45, 7) is 0. The Morgan fingerprint density at radius 1 is 0.815 bits per heavy atom. The Kier molecular flexibility index (Phi) is 7.84. The van der Waals surface area contributed by atoms with E-state index in [1.54, 1.807) is 12.1 Å². The summed E-state index contributed by atoms with van der Waals surface area (Å²) in [4.78, 5) is 0. The first kappa shape index (κ1) is 20.5. The second-order valence-electron chi connectivity index (χ2n) is 8.71. The molecule has 0 aliphatic heterocycles. The maximum atomic E-state index is 13.5. The van der Waals surface area contributed by atoms with Crippen molar-refractivity contribution in [3.05, 3.63) is 47.8 Å². The van der Waals surface area contributed by atoms with Gasteiger partial charge in [-0.05, 0) is 92.7 Å². The van der Waals surface area contributed by atoms with Crippen molar-refractivity contribution in [2.24, 2.45) is 17.8 Å². The molecule has 0 heterocycles. The van der Waals surface area contributed by atoms with Gasteiger partial charge in [0.25, 0.3) is 0 Å². The van der Waals surface area contributed by atoms with Gasteiger partial charge in [-0.15, -0.1) is 0 Å². The quantitative estimate of drug-likeness (QED) is 0.421. The van der Waals surface area contributed by atoms with Crippen LogP contribution in [0.4, 0.5) is 13.2 Å². The third-order valence-electron chi connectivity index (χ3n) is 7.07. The molecule has 2 aliphatic carbocycles. The standard InChI is InChI=1S/C24H33F3/c25-16-4-2-1-3-5-18-6-8-19(9-7-18)20-10-12-21(13-11-20)22-14-15-23(26)24(27)17-22/h4,14-21H,1-3,5-13H2/t18-,19-,20-,21-. The summed E-state index contributed by atoms with van der Waals surface area (Å²) < 4.78 is 38.6. The third kappa shape index (κ3) is 5.86. The summed E-state index contributed by atoms with van der Waals surface area (Å²) in [7, 11) is 0. The molecule has 0 spiro atoms. The Hall–Kier alpha value is -1.25. The Morgan fingerprint density at radius 3 is 2.11 bits per heavy atom. The topological polar surface area (TPSA) is 0 Å². The highest BCUT2D eigenvalue weighted by atomic mass is 19.2. The van der Waals surface area contributed by atoms with Gasteiger partial charge < -0.3 is 0 Å². The van der Waals surface area contributed by atoms with Gasteiger partial charge in [0.2, 0.25) is 0 Å². The fourth-order valence-electron chi connectivity index (χ4n) is 5.40. The molecule has 27 heavy (non-hydrogen) atoms. The van der Waals surface area contributed by atoms with E-state index in [4.69, 9.17) is 0 Å². The molecular weight excluding hydrogens is 345 g/mol. The monoisotopic (exact) mass is 378 g/mol. The average Bonchev–Trinajstić information content (AvgIpc) is 2.71. The predicted molar refractivity (Wildman–Crippen MR) is 105 cm³/mol. The largest absolute Gasteiger partial charge is 0.216 e. The number of rotatable bonds is 7. The van der Waals surface area contributed by atoms with Gasteiger partial charge in [0.1, 0.15) is 0 Å². The van der Waals surface area contributed by atoms with Crippen molar-refractivity contribution in [3.8, 4) is 0 Å². The summed E-state index contributed by atoms with van der Waals surface area (Å²) in [5.74, 6) is 1.49. The third-order valence-corrected chi connectivity index (χ3v) is 7.07. The molecule has 2 aliphatic rings. The van der Waals surface area contributed by atoms with Gasteiger partial charge in [-0.3, -0.25) is 0 Å². The first-order valence-electron chi connectivity index (χ1n) is 10.9. The Balaban J connectivity index is 1.37. The molecule has 0 aromatic heterocycles. The molecule has 2 saturated carbocycles. The van der Waals surface area contributed by atoms with Crippen LogP contribution in [0.3, 0.4) is 0 Å². The minimum absolute atomic E-state index is 0.394. The second kappa shape index (κ2) is 10.3. The molecule has 1 aromatic carbocycles. The van der Waals surface area contributed by atoms with E-state index in [0.29, 0.717) is 12.2 Å². The van der Waals surface area contributed by atoms with Gasteiger partial charge in [0, 0.05) is 0 Å². The van der Waals surface area contributed by atoms with Gasteiger partial charge in [0.05, 0.1) is 6.33 Å². The van der Waals surface area contributed by atoms with Crippen LogP contribution in [-0.2, 0) is 0 Å². The summed E-state index contributed by atoms with van der Waals surface area (Å²) in [6, 6.07) is 4.43. The van der Waals surface area contributed by atoms with Crippen LogP contribution < -0.4 is 0 Å². The molecule has 0 saturated heterocycles. The average molecular weight is 379 g/mol. The molecule has 0 radical (unpaired) electrons. The van der Waals surface area contributed by atoms with Gasteiger partial charge in [-0.25, -0.2) is 13.2 Å². The zero-order valence-corrected chi connectivity index (χ0v) is 16.3. The highest BCUT2D eigenvalue weighted by molar-refractivity contribution is 5.22. The van der Waals surface area contributed by atoms with Crippen molar-refractivity contribution in [1.29, 1.82) is 0 Å². The lowest BCUT2D eigenvalue weighted by Gasteiger charge is -2.38. The molecule has 150 valence electrons. The highest BCUT2D eigenvalue weighted by Gasteiger charge is 2.31. The van der Waals surface area contributed by atoms with Crippen molar-refractivity contribution in [2.75, 3.05) is 0 Å². The van der Waals surface area contributed by atoms with Gasteiger partial charge >= 0.3 is 0 Å². The van der Waals surface area contributed by atoms with Gasteiger partial charge in [-0.1, -0.05) is 37.8 Å². The zero-order chi connectivity index (χ0) is 19.1. The van der Waals surface area contributed by atoms with Crippen molar-refractivity contribution in [2.45, 2.75) is 83.0 Å². The molecule has 3 heteroatoms. The molecule has 0 N–H and O–H groups in total. The number of hydrogen-bond acceptors (Lipinski definition) is 0. The number of hydrogen-bond donors (Lipinski definition) is 0. The van der Waals surface area contributed by atoms with Crippen LogP contribution >= 0.6 is 0 Å². The maximum absolute atomic E-state index is 13.5. The van der Waals surface area contributed by atoms with Crippen molar-refractivity contribution < 1.29 is 13.2 Å². The first-order valence-corrected chi connectivity index (χ1v) is 10.9. The van der Waals surface area contributed by atoms with Crippen molar-refractivity contribution in [3.63, 3.8) is 0 Å². The SMILES string of the molecule is FC=CCCCC[C@H]1CC[C@H]([C@H]2CC[C@H](c3ccc(F)c(F)c3)CC2)CC1. The molecular formula is C24H33F3. The number of allylic oxidation sites excluding steroid dienone is 1. The van der Waals surface area contributed by atoms with E-state index in [1.165, 1.54) is 63.5 Å². The number of unbranched alkanes of at least 4 members (excludes halogenated alkanes) is 2. The smallest absolute Gasteiger partial charge is 0.159 e. The highest BCUT2D eigenvalue weighted by Crippen LogP contribution is 2.44. The van der Waals surface area contributed by atoms with Crippen LogP contribution in [-0.4, -0.2) is 0 Å². The molecule has 0 bridgehead atoms. The minimum atomic E-state index is -0.747. The van der Waals surface area contributed by atoms with Crippen LogP contribution in [0.25, 0.3) is 0 Å². The Labute approximate surface area is 162 Å². The van der Waals surface area contributed by atoms with Crippen molar-refractivity contribution >= 4 is 0 Å². The predicted octanol–water partition coefficient (Wildman–Crippen LogP) is 8.09. The zero-order valence-electron chi connectivity index (χ0n) is 16.3. The minimum Gasteiger partial charge on any atom is -0.216 e. The maximum Gasteiger partial charge on any atom is 0.159 e. The van der Waals surface area contributed by atoms with Crippen LogP contribution in [0.1, 0.15) is 88.5 Å². The van der Waals surface area contributed by atoms with Crippen molar-refractivity contribution in [1.82, 2.24) is 0 Å². The van der Waals surface area contributed by atoms with Crippen LogP contribution in [0, 0.1) is 29.4 Å². The molecule has 3 rings (SSSR count). The number of benzene rings is 1. The van der Waals surface area contributed by atoms with Crippen LogP contribution in [0.5, 0.6) is 0 Å². The van der Waals surface area contributed by atoms with Crippen LogP contribution in [0.2, 0.25) is 0 Å². The summed E-state index contributed by atoms with van der Waals surface area (Å²) in [5, 5.41) is 0. The van der Waals surface area contributed by atoms with Gasteiger partial charge in [-0.2, -0.15) is 0 Å². The molecule has 2 fully saturated rings. The Morgan fingerprint density at radius 2 is 1.48 bits per heavy atom. The first-order chi connectivity index (χ1) is 13.2. The van der Waals surface area contributed by atoms with E-state index in [9.17, 15) is 13.2 Å². The van der Waals surface area contributed by atoms with E-state index in [1.807, 2.05) is 0 Å². The second-order valence-corrected chi connectivity index (χ2v) is 8.71. The molecule has 0 amide bonds. The van der Waals surface area contributed by atoms with E-state index < -0.39 is 11.6 Å². The normalized spacial score (nSPS) is 29.3. The number of halogens is 3. The fraction of sp³-hybridized carbons (Fsp3) is 0.667. The fourth-order valence-corrected chi connectivity index (χ4v) is 5.40. The summed E-state index contributed by atoms with van der Waals surface area (Å²) in [6.07, 6.45) is 16.9. The van der Waals surface area contributed by atoms with Gasteiger partial charge in [0.15, 0.2) is 11.6 Å². The van der Waals surface area contributed by atoms with E-state index in [-0.39, 0.29) is 0 Å². The lowest BCUT2D eigenvalue weighted by Crippen LogP contribution is -2.25. The van der Waals surface area contributed by atoms with Crippen LogP contribution in [0.15, 0.2) is 30.6 Å². The molecule has 0 atom stereocenters. The van der Waals surface area contributed by atoms with E-state index >= 15 is 0 Å². The summed E-state index contributed by atoms with van der Waals surface area (Å²) in [5.41, 5.74) is 0.971. The Bertz CT molecular complexity index is 594.